The number of aryl methyl sites for hydroxylation is 2. The van der Waals surface area contributed by atoms with E-state index < -0.39 is 0 Å². The summed E-state index contributed by atoms with van der Waals surface area (Å²) in [7, 11) is 0. The highest BCUT2D eigenvalue weighted by atomic mass is 15.3. The average Bonchev–Trinajstić information content (AvgIpc) is 2.91. The highest BCUT2D eigenvalue weighted by Crippen LogP contribution is 2.35. The van der Waals surface area contributed by atoms with Gasteiger partial charge in [0.25, 0.3) is 0 Å². The van der Waals surface area contributed by atoms with E-state index >= 15 is 0 Å². The van der Waals surface area contributed by atoms with Crippen LogP contribution in [-0.2, 0) is 19.4 Å². The SMILES string of the molecule is C=C(C(C)C)N1CCN(c2nc(CC)nc3c2CCN(c2cccc4cccc(C)c24)C3)CC1CC#N. The van der Waals surface area contributed by atoms with Crippen molar-refractivity contribution in [2.75, 3.05) is 36.0 Å². The minimum Gasteiger partial charge on any atom is -0.368 e. The van der Waals surface area contributed by atoms with Crippen molar-refractivity contribution in [1.82, 2.24) is 14.9 Å². The number of allylic oxidation sites excluding steroid dienone is 1. The van der Waals surface area contributed by atoms with Crippen LogP contribution in [0.4, 0.5) is 11.5 Å². The fourth-order valence-corrected chi connectivity index (χ4v) is 5.89. The van der Waals surface area contributed by atoms with E-state index in [1.165, 1.54) is 27.6 Å². The number of hydrogen-bond donors (Lipinski definition) is 0. The molecule has 2 aromatic carbocycles. The van der Waals surface area contributed by atoms with Crippen molar-refractivity contribution in [3.05, 3.63) is 71.3 Å². The van der Waals surface area contributed by atoms with Gasteiger partial charge in [-0.1, -0.05) is 57.7 Å². The first-order valence-corrected chi connectivity index (χ1v) is 13.6. The summed E-state index contributed by atoms with van der Waals surface area (Å²) in [6.07, 6.45) is 2.21. The Hall–Kier alpha value is -3.59. The molecule has 2 aliphatic rings. The number of nitrogens with zero attached hydrogens (tertiary/aromatic N) is 6. The first-order chi connectivity index (χ1) is 17.9. The summed E-state index contributed by atoms with van der Waals surface area (Å²) < 4.78 is 0. The number of piperazine rings is 1. The van der Waals surface area contributed by atoms with E-state index in [-0.39, 0.29) is 6.04 Å². The van der Waals surface area contributed by atoms with E-state index in [1.807, 2.05) is 0 Å². The number of nitriles is 1. The Bertz CT molecular complexity index is 1350. The van der Waals surface area contributed by atoms with Crippen LogP contribution in [0.3, 0.4) is 0 Å². The van der Waals surface area contributed by atoms with E-state index in [2.05, 4.69) is 91.4 Å². The maximum atomic E-state index is 9.56. The van der Waals surface area contributed by atoms with Crippen LogP contribution >= 0.6 is 0 Å². The summed E-state index contributed by atoms with van der Waals surface area (Å²) in [4.78, 5) is 17.3. The molecule has 1 aromatic heterocycles. The molecule has 6 nitrogen and oxygen atoms in total. The molecule has 1 saturated heterocycles. The molecule has 0 saturated carbocycles. The van der Waals surface area contributed by atoms with Crippen LogP contribution in [0.1, 0.15) is 49.8 Å². The van der Waals surface area contributed by atoms with Crippen LogP contribution < -0.4 is 9.80 Å². The third kappa shape index (κ3) is 4.75. The first kappa shape index (κ1) is 25.1. The van der Waals surface area contributed by atoms with E-state index in [9.17, 15) is 5.26 Å². The topological polar surface area (TPSA) is 59.3 Å². The lowest BCUT2D eigenvalue weighted by Gasteiger charge is -2.45. The molecule has 0 radical (unpaired) electrons. The Balaban J connectivity index is 1.47. The zero-order chi connectivity index (χ0) is 26.1. The zero-order valence-electron chi connectivity index (χ0n) is 22.7. The van der Waals surface area contributed by atoms with Gasteiger partial charge in [-0.05, 0) is 36.3 Å². The molecule has 3 aromatic rings. The Morgan fingerprint density at radius 1 is 1.11 bits per heavy atom. The highest BCUT2D eigenvalue weighted by molar-refractivity contribution is 5.97. The molecule has 37 heavy (non-hydrogen) atoms. The predicted octanol–water partition coefficient (Wildman–Crippen LogP) is 5.64. The Kier molecular flexibility index (Phi) is 7.06. The van der Waals surface area contributed by atoms with Gasteiger partial charge in [0.15, 0.2) is 0 Å². The van der Waals surface area contributed by atoms with Crippen molar-refractivity contribution in [3.63, 3.8) is 0 Å². The van der Waals surface area contributed by atoms with Gasteiger partial charge in [0.1, 0.15) is 11.6 Å². The van der Waals surface area contributed by atoms with E-state index in [4.69, 9.17) is 9.97 Å². The van der Waals surface area contributed by atoms with Crippen LogP contribution in [0.2, 0.25) is 0 Å². The van der Waals surface area contributed by atoms with Gasteiger partial charge in [-0.25, -0.2) is 9.97 Å². The predicted molar refractivity (Wildman–Crippen MR) is 152 cm³/mol. The van der Waals surface area contributed by atoms with Gasteiger partial charge >= 0.3 is 0 Å². The molecule has 2 aliphatic heterocycles. The van der Waals surface area contributed by atoms with Gasteiger partial charge in [-0.3, -0.25) is 0 Å². The van der Waals surface area contributed by atoms with Gasteiger partial charge in [0.05, 0.1) is 30.8 Å². The molecule has 1 fully saturated rings. The van der Waals surface area contributed by atoms with Gasteiger partial charge < -0.3 is 14.7 Å². The molecular formula is C31H38N6. The van der Waals surface area contributed by atoms with Gasteiger partial charge in [0, 0.05) is 54.9 Å². The summed E-state index contributed by atoms with van der Waals surface area (Å²) in [5.74, 6) is 2.35. The molecule has 3 heterocycles. The average molecular weight is 495 g/mol. The molecule has 5 rings (SSSR count). The van der Waals surface area contributed by atoms with Crippen molar-refractivity contribution in [2.45, 2.75) is 59.5 Å². The molecule has 0 N–H and O–H groups in total. The molecule has 0 amide bonds. The molecule has 192 valence electrons. The van der Waals surface area contributed by atoms with E-state index in [1.54, 1.807) is 0 Å². The number of anilines is 2. The lowest BCUT2D eigenvalue weighted by molar-refractivity contribution is 0.212. The fraction of sp³-hybridized carbons (Fsp3) is 0.452. The van der Waals surface area contributed by atoms with Crippen molar-refractivity contribution in [2.24, 2.45) is 5.92 Å². The van der Waals surface area contributed by atoms with Crippen molar-refractivity contribution in [3.8, 4) is 6.07 Å². The largest absolute Gasteiger partial charge is 0.368 e. The molecule has 0 aliphatic carbocycles. The standard InChI is InChI=1S/C31H38N6/c1-6-29-33-27-20-35(28-12-8-11-24-10-7-9-22(4)30(24)28)16-14-26(27)31(34-29)36-17-18-37(23(5)21(2)3)25(19-36)13-15-32/h7-12,21,25H,5-6,13-14,16-20H2,1-4H3. The molecule has 1 atom stereocenters. The second-order valence-electron chi connectivity index (χ2n) is 10.7. The van der Waals surface area contributed by atoms with Crippen molar-refractivity contribution < 1.29 is 0 Å². The monoisotopic (exact) mass is 494 g/mol. The Labute approximate surface area is 221 Å². The fourth-order valence-electron chi connectivity index (χ4n) is 5.89. The number of rotatable bonds is 6. The smallest absolute Gasteiger partial charge is 0.136 e. The first-order valence-electron chi connectivity index (χ1n) is 13.6. The van der Waals surface area contributed by atoms with E-state index in [0.717, 1.165) is 68.6 Å². The second kappa shape index (κ2) is 10.4. The van der Waals surface area contributed by atoms with E-state index in [0.29, 0.717) is 12.3 Å². The number of aromatic nitrogens is 2. The maximum Gasteiger partial charge on any atom is 0.136 e. The van der Waals surface area contributed by atoms with Crippen LogP contribution in [0.15, 0.2) is 48.7 Å². The summed E-state index contributed by atoms with van der Waals surface area (Å²) >= 11 is 0. The third-order valence-corrected chi connectivity index (χ3v) is 7.98. The Morgan fingerprint density at radius 3 is 2.62 bits per heavy atom. The summed E-state index contributed by atoms with van der Waals surface area (Å²) in [6.45, 7) is 17.3. The molecule has 6 heteroatoms. The molecular weight excluding hydrogens is 456 g/mol. The minimum atomic E-state index is 0.128. The third-order valence-electron chi connectivity index (χ3n) is 7.98. The van der Waals surface area contributed by atoms with Gasteiger partial charge in [-0.15, -0.1) is 0 Å². The quantitative estimate of drug-likeness (QED) is 0.442. The van der Waals surface area contributed by atoms with Crippen LogP contribution in [0.5, 0.6) is 0 Å². The lowest BCUT2D eigenvalue weighted by atomic mass is 9.99. The zero-order valence-corrected chi connectivity index (χ0v) is 22.7. The molecule has 0 spiro atoms. The summed E-state index contributed by atoms with van der Waals surface area (Å²) in [5, 5.41) is 12.2. The molecule has 0 bridgehead atoms. The Morgan fingerprint density at radius 2 is 1.89 bits per heavy atom. The lowest BCUT2D eigenvalue weighted by Crippen LogP contribution is -2.53. The number of hydrogen-bond acceptors (Lipinski definition) is 6. The summed E-state index contributed by atoms with van der Waals surface area (Å²) in [5.41, 5.74) is 6.14. The minimum absolute atomic E-state index is 0.128. The second-order valence-corrected chi connectivity index (χ2v) is 10.7. The molecule has 1 unspecified atom stereocenters. The van der Waals surface area contributed by atoms with Crippen LogP contribution in [0.25, 0.3) is 10.8 Å². The highest BCUT2D eigenvalue weighted by Gasteiger charge is 2.32. The number of benzene rings is 2. The van der Waals surface area contributed by atoms with Gasteiger partial charge in [-0.2, -0.15) is 5.26 Å². The number of fused-ring (bicyclic) bond motifs is 2. The van der Waals surface area contributed by atoms with Crippen molar-refractivity contribution >= 4 is 22.3 Å². The van der Waals surface area contributed by atoms with Crippen molar-refractivity contribution in [1.29, 1.82) is 5.26 Å². The van der Waals surface area contributed by atoms with Crippen LogP contribution in [0, 0.1) is 24.2 Å². The normalized spacial score (nSPS) is 17.7. The van der Waals surface area contributed by atoms with Gasteiger partial charge in [0.2, 0.25) is 0 Å². The summed E-state index contributed by atoms with van der Waals surface area (Å²) in [6, 6.07) is 15.7. The maximum absolute atomic E-state index is 9.56. The van der Waals surface area contributed by atoms with Crippen LogP contribution in [-0.4, -0.2) is 47.1 Å².